The van der Waals surface area contributed by atoms with E-state index in [1.165, 1.54) is 29.2 Å². The molecule has 3 atom stereocenters. The zero-order valence-corrected chi connectivity index (χ0v) is 28.7. The lowest BCUT2D eigenvalue weighted by atomic mass is 10.0. The molecule has 3 aliphatic rings. The topological polar surface area (TPSA) is 123 Å². The fourth-order valence-electron chi connectivity index (χ4n) is 6.83. The van der Waals surface area contributed by atoms with Crippen molar-refractivity contribution in [2.45, 2.75) is 63.8 Å². The molecule has 0 spiro atoms. The third-order valence-electron chi connectivity index (χ3n) is 9.31. The maximum atomic E-state index is 15.0. The van der Waals surface area contributed by atoms with Gasteiger partial charge < -0.3 is 29.7 Å². The second kappa shape index (κ2) is 14.3. The molecule has 51 heavy (non-hydrogen) atoms. The minimum absolute atomic E-state index is 0.0474. The number of esters is 1. The normalized spacial score (nSPS) is 21.0. The van der Waals surface area contributed by atoms with E-state index in [0.717, 1.165) is 5.56 Å². The number of hydrogen-bond donors (Lipinski definition) is 2. The molecule has 2 fully saturated rings. The molecular formula is C39H41F2N3O7. The van der Waals surface area contributed by atoms with Crippen molar-refractivity contribution in [3.63, 3.8) is 0 Å². The van der Waals surface area contributed by atoms with Crippen LogP contribution in [0.1, 0.15) is 60.7 Å². The van der Waals surface area contributed by atoms with E-state index in [9.17, 15) is 19.2 Å². The third-order valence-corrected chi connectivity index (χ3v) is 9.31. The van der Waals surface area contributed by atoms with Crippen molar-refractivity contribution in [3.8, 4) is 11.1 Å². The minimum Gasteiger partial charge on any atom is -0.459 e. The smallest absolute Gasteiger partial charge is 0.407 e. The average Bonchev–Trinajstić information content (AvgIpc) is 3.62. The molecule has 1 saturated carbocycles. The number of alkyl carbamates (subject to hydrolysis) is 1. The number of carbonyl (C=O) groups excluding carboxylic acids is 4. The molecule has 1 heterocycles. The van der Waals surface area contributed by atoms with Crippen LogP contribution in [0, 0.1) is 5.41 Å². The highest BCUT2D eigenvalue weighted by atomic mass is 19.3. The molecule has 1 saturated heterocycles. The van der Waals surface area contributed by atoms with Gasteiger partial charge in [0.05, 0.1) is 19.8 Å². The molecule has 3 aromatic rings. The molecule has 0 unspecified atom stereocenters. The predicted molar refractivity (Wildman–Crippen MR) is 184 cm³/mol. The molecule has 3 amide bonds. The zero-order chi connectivity index (χ0) is 36.4. The van der Waals surface area contributed by atoms with Crippen molar-refractivity contribution in [3.05, 3.63) is 107 Å². The van der Waals surface area contributed by atoms with E-state index in [-0.39, 0.29) is 48.1 Å². The van der Waals surface area contributed by atoms with E-state index in [1.54, 1.807) is 51.1 Å². The van der Waals surface area contributed by atoms with Crippen LogP contribution in [-0.4, -0.2) is 72.8 Å². The number of carbonyl (C=O) groups is 4. The first kappa shape index (κ1) is 35.7. The molecule has 268 valence electrons. The minimum atomic E-state index is -3.17. The first-order valence-corrected chi connectivity index (χ1v) is 16.9. The summed E-state index contributed by atoms with van der Waals surface area (Å²) in [4.78, 5) is 53.6. The molecule has 10 nitrogen and oxygen atoms in total. The number of hydrogen-bond acceptors (Lipinski definition) is 7. The molecule has 0 bridgehead atoms. The standard InChI is InChI=1S/C39H41F2N3O7/c1-37(2,3)51-36(48)42-17-9-10-18-49-24-38-20-31(35(47)50-23-25-11-5-4-6-12-25)44(32(38)21-38)33(45)22-43-34(46)26-15-16-30-28(19-26)27-13-7-8-14-29(27)39(30,40)41/h4-16,19,31-32H,17-18,20-24H2,1-3H3,(H,42,48)(H,43,46)/b10-9+/t31-,32-,38+/m0/s1. The van der Waals surface area contributed by atoms with E-state index in [2.05, 4.69) is 10.6 Å². The molecule has 12 heteroatoms. The van der Waals surface area contributed by atoms with Crippen LogP contribution >= 0.6 is 0 Å². The lowest BCUT2D eigenvalue weighted by Gasteiger charge is -2.26. The molecule has 6 rings (SSSR count). The first-order chi connectivity index (χ1) is 24.3. The summed E-state index contributed by atoms with van der Waals surface area (Å²) in [5.41, 5.74) is 0.239. The fraction of sp³-hybridized carbons (Fsp3) is 0.385. The maximum Gasteiger partial charge on any atom is 0.407 e. The van der Waals surface area contributed by atoms with Gasteiger partial charge in [0.25, 0.3) is 11.8 Å². The SMILES string of the molecule is CC(C)(C)OC(=O)NC/C=C/COC[C@@]12C[C@@H]1N(C(=O)CNC(=O)c1ccc3c(c1)-c1ccccc1C3(F)F)[C@H](C(=O)OCc1ccccc1)C2. The van der Waals surface area contributed by atoms with Crippen molar-refractivity contribution < 1.29 is 42.2 Å². The van der Waals surface area contributed by atoms with Crippen LogP contribution in [0.15, 0.2) is 84.9 Å². The average molecular weight is 702 g/mol. The summed E-state index contributed by atoms with van der Waals surface area (Å²) in [6.07, 6.45) is 3.95. The van der Waals surface area contributed by atoms with Gasteiger partial charge >= 0.3 is 12.1 Å². The van der Waals surface area contributed by atoms with Gasteiger partial charge in [-0.3, -0.25) is 9.59 Å². The van der Waals surface area contributed by atoms with Crippen LogP contribution in [0.5, 0.6) is 0 Å². The van der Waals surface area contributed by atoms with Crippen molar-refractivity contribution in [1.29, 1.82) is 0 Å². The molecule has 3 aromatic carbocycles. The third kappa shape index (κ3) is 7.80. The van der Waals surface area contributed by atoms with Gasteiger partial charge in [0.1, 0.15) is 18.2 Å². The van der Waals surface area contributed by atoms with Crippen molar-refractivity contribution in [2.24, 2.45) is 5.41 Å². The summed E-state index contributed by atoms with van der Waals surface area (Å²) in [5.74, 6) is -4.77. The van der Waals surface area contributed by atoms with Gasteiger partial charge in [-0.1, -0.05) is 72.8 Å². The molecule has 0 radical (unpaired) electrons. The molecule has 0 aromatic heterocycles. The van der Waals surface area contributed by atoms with Gasteiger partial charge in [-0.05, 0) is 62.4 Å². The summed E-state index contributed by atoms with van der Waals surface area (Å²) in [5, 5.41) is 5.26. The summed E-state index contributed by atoms with van der Waals surface area (Å²) in [7, 11) is 0. The Balaban J connectivity index is 1.07. The number of halogens is 2. The number of nitrogens with one attached hydrogen (secondary N) is 2. The van der Waals surface area contributed by atoms with Gasteiger partial charge in [-0.25, -0.2) is 9.59 Å². The van der Waals surface area contributed by atoms with Crippen LogP contribution < -0.4 is 10.6 Å². The largest absolute Gasteiger partial charge is 0.459 e. The number of likely N-dealkylation sites (tertiary alicyclic amines) is 1. The van der Waals surface area contributed by atoms with Crippen LogP contribution in [0.25, 0.3) is 11.1 Å². The first-order valence-electron chi connectivity index (χ1n) is 16.9. The Kier molecular flexibility index (Phi) is 9.99. The highest BCUT2D eigenvalue weighted by molar-refractivity contribution is 5.99. The number of alkyl halides is 2. The van der Waals surface area contributed by atoms with E-state index in [4.69, 9.17) is 14.2 Å². The highest BCUT2D eigenvalue weighted by Crippen LogP contribution is 2.60. The Morgan fingerprint density at radius 1 is 0.902 bits per heavy atom. The fourth-order valence-corrected chi connectivity index (χ4v) is 6.83. The van der Waals surface area contributed by atoms with E-state index in [1.807, 2.05) is 30.3 Å². The van der Waals surface area contributed by atoms with Gasteiger partial charge in [0.2, 0.25) is 5.91 Å². The summed E-state index contributed by atoms with van der Waals surface area (Å²) in [6.45, 7) is 5.81. The van der Waals surface area contributed by atoms with E-state index < -0.39 is 53.4 Å². The van der Waals surface area contributed by atoms with Crippen molar-refractivity contribution in [2.75, 3.05) is 26.3 Å². The number of amides is 3. The number of nitrogens with zero attached hydrogens (tertiary/aromatic N) is 1. The van der Waals surface area contributed by atoms with Crippen molar-refractivity contribution >= 4 is 23.9 Å². The molecule has 1 aliphatic heterocycles. The highest BCUT2D eigenvalue weighted by Gasteiger charge is 2.67. The quantitative estimate of drug-likeness (QED) is 0.140. The maximum absolute atomic E-state index is 15.0. The van der Waals surface area contributed by atoms with Gasteiger partial charge in [-0.2, -0.15) is 8.78 Å². The van der Waals surface area contributed by atoms with Gasteiger partial charge in [-0.15, -0.1) is 0 Å². The second-order valence-electron chi connectivity index (χ2n) is 14.1. The summed E-state index contributed by atoms with van der Waals surface area (Å²) < 4.78 is 46.8. The van der Waals surface area contributed by atoms with E-state index >= 15 is 8.78 Å². The number of benzene rings is 3. The Morgan fingerprint density at radius 3 is 2.39 bits per heavy atom. The van der Waals surface area contributed by atoms with Gasteiger partial charge in [0.15, 0.2) is 0 Å². The Labute approximate surface area is 295 Å². The number of fused-ring (bicyclic) bond motifs is 4. The summed E-state index contributed by atoms with van der Waals surface area (Å²) >= 11 is 0. The zero-order valence-electron chi connectivity index (χ0n) is 28.7. The Morgan fingerprint density at radius 2 is 1.63 bits per heavy atom. The van der Waals surface area contributed by atoms with Crippen LogP contribution in [-0.2, 0) is 36.3 Å². The Bertz CT molecular complexity index is 1840. The second-order valence-corrected chi connectivity index (χ2v) is 14.1. The predicted octanol–water partition coefficient (Wildman–Crippen LogP) is 5.74. The lowest BCUT2D eigenvalue weighted by molar-refractivity contribution is -0.155. The van der Waals surface area contributed by atoms with Gasteiger partial charge in [0, 0.05) is 34.7 Å². The van der Waals surface area contributed by atoms with Crippen LogP contribution in [0.2, 0.25) is 0 Å². The summed E-state index contributed by atoms with van der Waals surface area (Å²) in [6, 6.07) is 18.2. The van der Waals surface area contributed by atoms with E-state index in [0.29, 0.717) is 25.0 Å². The monoisotopic (exact) mass is 701 g/mol. The molecule has 2 N–H and O–H groups in total. The number of piperidine rings is 1. The molecule has 2 aliphatic carbocycles. The number of rotatable bonds is 12. The van der Waals surface area contributed by atoms with Crippen LogP contribution in [0.3, 0.4) is 0 Å². The number of ether oxygens (including phenoxy) is 3. The molecular weight excluding hydrogens is 660 g/mol. The van der Waals surface area contributed by atoms with Crippen molar-refractivity contribution in [1.82, 2.24) is 15.5 Å². The lowest BCUT2D eigenvalue weighted by Crippen LogP contribution is -2.48. The van der Waals surface area contributed by atoms with Crippen LogP contribution in [0.4, 0.5) is 13.6 Å². The Hall–Kier alpha value is -5.10.